The first-order chi connectivity index (χ1) is 14.3. The molecule has 0 saturated carbocycles. The fourth-order valence-corrected chi connectivity index (χ4v) is 4.04. The van der Waals surface area contributed by atoms with Crippen molar-refractivity contribution < 1.29 is 23.8 Å². The van der Waals surface area contributed by atoms with E-state index in [1.165, 1.54) is 33.7 Å². The lowest BCUT2D eigenvalue weighted by Crippen LogP contribution is -2.39. The molecule has 3 N–H and O–H groups in total. The van der Waals surface area contributed by atoms with Crippen LogP contribution in [0.15, 0.2) is 12.1 Å². The minimum atomic E-state index is -0.616. The second-order valence-electron chi connectivity index (χ2n) is 8.13. The van der Waals surface area contributed by atoms with Gasteiger partial charge in [-0.25, -0.2) is 0 Å². The zero-order valence-corrected chi connectivity index (χ0v) is 18.5. The van der Waals surface area contributed by atoms with Gasteiger partial charge in [0.25, 0.3) is 11.8 Å². The van der Waals surface area contributed by atoms with Crippen LogP contribution in [0.4, 0.5) is 0 Å². The molecular weight excluding hydrogens is 386 g/mol. The molecule has 0 aromatic heterocycles. The zero-order valence-electron chi connectivity index (χ0n) is 18.5. The second kappa shape index (κ2) is 11.6. The van der Waals surface area contributed by atoms with Crippen LogP contribution in [-0.4, -0.2) is 63.7 Å². The molecule has 8 heteroatoms. The van der Waals surface area contributed by atoms with E-state index in [0.29, 0.717) is 23.6 Å². The van der Waals surface area contributed by atoms with Crippen LogP contribution in [0, 0.1) is 11.8 Å². The SMILES string of the molecule is COc1cc(C(=O)NCCCCN2CC(C)CC(C)C2)cc(OC)c1OCC(N)=O. The van der Waals surface area contributed by atoms with Gasteiger partial charge in [0.2, 0.25) is 5.75 Å². The Morgan fingerprint density at radius 3 is 2.23 bits per heavy atom. The average Bonchev–Trinajstić information content (AvgIpc) is 2.70. The molecule has 1 aromatic rings. The van der Waals surface area contributed by atoms with Gasteiger partial charge in [-0.1, -0.05) is 13.8 Å². The summed E-state index contributed by atoms with van der Waals surface area (Å²) in [6.45, 7) is 8.32. The van der Waals surface area contributed by atoms with Crippen molar-refractivity contribution in [1.82, 2.24) is 10.2 Å². The lowest BCUT2D eigenvalue weighted by Gasteiger charge is -2.34. The Morgan fingerprint density at radius 1 is 1.10 bits per heavy atom. The Kier molecular flexibility index (Phi) is 9.23. The fourth-order valence-electron chi connectivity index (χ4n) is 4.04. The number of primary amides is 1. The predicted octanol–water partition coefficient (Wildman–Crippen LogP) is 2.06. The standard InChI is InChI=1S/C22H35N3O5/c1-15-9-16(2)13-25(12-15)8-6-5-7-24-22(27)17-10-18(28-3)21(19(11-17)29-4)30-14-20(23)26/h10-11,15-16H,5-9,12-14H2,1-4H3,(H2,23,26)(H,24,27). The van der Waals surface area contributed by atoms with Crippen molar-refractivity contribution in [2.24, 2.45) is 17.6 Å². The average molecular weight is 422 g/mol. The molecule has 2 atom stereocenters. The van der Waals surface area contributed by atoms with E-state index in [4.69, 9.17) is 19.9 Å². The van der Waals surface area contributed by atoms with Gasteiger partial charge in [-0.2, -0.15) is 0 Å². The third-order valence-corrected chi connectivity index (χ3v) is 5.21. The van der Waals surface area contributed by atoms with Crippen molar-refractivity contribution in [2.75, 3.05) is 47.0 Å². The van der Waals surface area contributed by atoms with Crippen molar-refractivity contribution >= 4 is 11.8 Å². The topological polar surface area (TPSA) is 103 Å². The molecule has 1 aliphatic heterocycles. The van der Waals surface area contributed by atoms with E-state index in [1.54, 1.807) is 12.1 Å². The predicted molar refractivity (Wildman–Crippen MR) is 115 cm³/mol. The molecule has 1 heterocycles. The molecular formula is C22H35N3O5. The van der Waals surface area contributed by atoms with E-state index in [-0.39, 0.29) is 18.3 Å². The molecule has 0 bridgehead atoms. The largest absolute Gasteiger partial charge is 0.493 e. The molecule has 2 unspecified atom stereocenters. The van der Waals surface area contributed by atoms with Crippen LogP contribution in [-0.2, 0) is 4.79 Å². The number of carbonyl (C=O) groups is 2. The lowest BCUT2D eigenvalue weighted by molar-refractivity contribution is -0.120. The van der Waals surface area contributed by atoms with Crippen LogP contribution in [0.3, 0.4) is 0 Å². The highest BCUT2D eigenvalue weighted by Gasteiger charge is 2.21. The fraction of sp³-hybridized carbons (Fsp3) is 0.636. The van der Waals surface area contributed by atoms with Gasteiger partial charge in [-0.15, -0.1) is 0 Å². The summed E-state index contributed by atoms with van der Waals surface area (Å²) in [6, 6.07) is 3.12. The quantitative estimate of drug-likeness (QED) is 0.530. The van der Waals surface area contributed by atoms with Crippen LogP contribution in [0.5, 0.6) is 17.2 Å². The van der Waals surface area contributed by atoms with Crippen LogP contribution >= 0.6 is 0 Å². The van der Waals surface area contributed by atoms with E-state index in [2.05, 4.69) is 24.1 Å². The Bertz CT molecular complexity index is 690. The van der Waals surface area contributed by atoms with Gasteiger partial charge in [0.1, 0.15) is 0 Å². The number of amides is 2. The van der Waals surface area contributed by atoms with Gasteiger partial charge in [0.15, 0.2) is 18.1 Å². The number of benzene rings is 1. The van der Waals surface area contributed by atoms with Crippen LogP contribution < -0.4 is 25.3 Å². The molecule has 2 amide bonds. The summed E-state index contributed by atoms with van der Waals surface area (Å²) in [5.74, 6) is 1.52. The minimum absolute atomic E-state index is 0.215. The zero-order chi connectivity index (χ0) is 22.1. The number of nitrogens with zero attached hydrogens (tertiary/aromatic N) is 1. The number of carbonyl (C=O) groups excluding carboxylic acids is 2. The van der Waals surface area contributed by atoms with Crippen molar-refractivity contribution in [1.29, 1.82) is 0 Å². The number of methoxy groups -OCH3 is 2. The molecule has 1 fully saturated rings. The Hall–Kier alpha value is -2.48. The van der Waals surface area contributed by atoms with E-state index < -0.39 is 5.91 Å². The Balaban J connectivity index is 1.86. The molecule has 2 rings (SSSR count). The first-order valence-corrected chi connectivity index (χ1v) is 10.5. The highest BCUT2D eigenvalue weighted by atomic mass is 16.5. The van der Waals surface area contributed by atoms with Crippen molar-refractivity contribution in [3.8, 4) is 17.2 Å². The minimum Gasteiger partial charge on any atom is -0.493 e. The second-order valence-corrected chi connectivity index (χ2v) is 8.13. The molecule has 1 aliphatic rings. The third kappa shape index (κ3) is 7.09. The number of hydrogen-bond donors (Lipinski definition) is 2. The van der Waals surface area contributed by atoms with Gasteiger partial charge in [0.05, 0.1) is 14.2 Å². The van der Waals surface area contributed by atoms with Crippen LogP contribution in [0.1, 0.15) is 43.5 Å². The van der Waals surface area contributed by atoms with Gasteiger partial charge >= 0.3 is 0 Å². The van der Waals surface area contributed by atoms with E-state index in [9.17, 15) is 9.59 Å². The van der Waals surface area contributed by atoms with E-state index >= 15 is 0 Å². The first kappa shape index (κ1) is 23.8. The summed E-state index contributed by atoms with van der Waals surface area (Å²) in [7, 11) is 2.91. The number of ether oxygens (including phenoxy) is 3. The molecule has 1 saturated heterocycles. The van der Waals surface area contributed by atoms with Crippen molar-refractivity contribution in [3.05, 3.63) is 17.7 Å². The molecule has 30 heavy (non-hydrogen) atoms. The van der Waals surface area contributed by atoms with E-state index in [1.807, 2.05) is 0 Å². The summed E-state index contributed by atoms with van der Waals surface area (Å²) in [4.78, 5) is 26.1. The highest BCUT2D eigenvalue weighted by molar-refractivity contribution is 5.95. The number of piperidine rings is 1. The van der Waals surface area contributed by atoms with Gasteiger partial charge in [-0.3, -0.25) is 9.59 Å². The Morgan fingerprint density at radius 2 is 1.70 bits per heavy atom. The maximum Gasteiger partial charge on any atom is 0.255 e. The number of unbranched alkanes of at least 4 members (excludes halogenated alkanes) is 1. The number of likely N-dealkylation sites (tertiary alicyclic amines) is 1. The summed E-state index contributed by atoms with van der Waals surface area (Å²) < 4.78 is 16.0. The number of rotatable bonds is 11. The normalized spacial score (nSPS) is 19.2. The molecule has 0 spiro atoms. The van der Waals surface area contributed by atoms with E-state index in [0.717, 1.165) is 31.2 Å². The molecule has 1 aromatic carbocycles. The van der Waals surface area contributed by atoms with Crippen molar-refractivity contribution in [3.63, 3.8) is 0 Å². The maximum atomic E-state index is 12.6. The van der Waals surface area contributed by atoms with Gasteiger partial charge < -0.3 is 30.2 Å². The summed E-state index contributed by atoms with van der Waals surface area (Å²) in [5.41, 5.74) is 5.53. The van der Waals surface area contributed by atoms with Crippen molar-refractivity contribution in [2.45, 2.75) is 33.1 Å². The third-order valence-electron chi connectivity index (χ3n) is 5.21. The maximum absolute atomic E-state index is 12.6. The molecule has 0 radical (unpaired) electrons. The summed E-state index contributed by atoms with van der Waals surface area (Å²) >= 11 is 0. The smallest absolute Gasteiger partial charge is 0.255 e. The lowest BCUT2D eigenvalue weighted by atomic mass is 9.92. The van der Waals surface area contributed by atoms with Crippen LogP contribution in [0.25, 0.3) is 0 Å². The monoisotopic (exact) mass is 421 g/mol. The number of nitrogens with one attached hydrogen (secondary N) is 1. The first-order valence-electron chi connectivity index (χ1n) is 10.5. The van der Waals surface area contributed by atoms with Gasteiger partial charge in [0, 0.05) is 25.2 Å². The molecule has 8 nitrogen and oxygen atoms in total. The summed E-state index contributed by atoms with van der Waals surface area (Å²) in [5, 5.41) is 2.94. The number of nitrogens with two attached hydrogens (primary N) is 1. The molecule has 0 aliphatic carbocycles. The van der Waals surface area contributed by atoms with Gasteiger partial charge in [-0.05, 0) is 49.8 Å². The molecule has 168 valence electrons. The Labute approximate surface area is 179 Å². The number of hydrogen-bond acceptors (Lipinski definition) is 6. The summed E-state index contributed by atoms with van der Waals surface area (Å²) in [6.07, 6.45) is 3.27. The highest BCUT2D eigenvalue weighted by Crippen LogP contribution is 2.38. The van der Waals surface area contributed by atoms with Crippen LogP contribution in [0.2, 0.25) is 0 Å².